The summed E-state index contributed by atoms with van der Waals surface area (Å²) >= 11 is 0. The highest BCUT2D eigenvalue weighted by molar-refractivity contribution is 5.81. The molecule has 0 spiro atoms. The van der Waals surface area contributed by atoms with Gasteiger partial charge in [0.15, 0.2) is 0 Å². The van der Waals surface area contributed by atoms with Crippen LogP contribution in [0, 0.1) is 5.92 Å². The van der Waals surface area contributed by atoms with Gasteiger partial charge in [0.2, 0.25) is 11.8 Å². The Bertz CT molecular complexity index is 217. The Kier molecular flexibility index (Phi) is 3.25. The third-order valence-corrected chi connectivity index (χ3v) is 2.17. The number of nitrogens with one attached hydrogen (secondary N) is 1. The van der Waals surface area contributed by atoms with Crippen LogP contribution in [0.25, 0.3) is 0 Å². The Labute approximate surface area is 77.3 Å². The molecule has 0 saturated carbocycles. The number of nitrogens with two attached hydrogens (primary N) is 1. The molecule has 1 unspecified atom stereocenters. The highest BCUT2D eigenvalue weighted by Crippen LogP contribution is 2.01. The third kappa shape index (κ3) is 2.69. The molecule has 5 heteroatoms. The second-order valence-corrected chi connectivity index (χ2v) is 3.32. The maximum absolute atomic E-state index is 11.3. The van der Waals surface area contributed by atoms with Crippen molar-refractivity contribution in [3.05, 3.63) is 0 Å². The summed E-state index contributed by atoms with van der Waals surface area (Å²) in [4.78, 5) is 23.7. The fourth-order valence-corrected chi connectivity index (χ4v) is 1.26. The molecule has 2 amide bonds. The minimum Gasteiger partial charge on any atom is -0.369 e. The molecule has 1 aliphatic rings. The normalized spacial score (nSPS) is 20.1. The van der Waals surface area contributed by atoms with Crippen molar-refractivity contribution in [2.24, 2.45) is 11.7 Å². The topological polar surface area (TPSA) is 75.4 Å². The largest absolute Gasteiger partial charge is 0.369 e. The zero-order valence-electron chi connectivity index (χ0n) is 7.75. The van der Waals surface area contributed by atoms with Crippen molar-refractivity contribution in [3.63, 3.8) is 0 Å². The van der Waals surface area contributed by atoms with Crippen LogP contribution in [-0.4, -0.2) is 42.9 Å². The first-order chi connectivity index (χ1) is 6.11. The maximum atomic E-state index is 11.3. The Hall–Kier alpha value is -1.10. The molecule has 74 valence electrons. The average Bonchev–Trinajstić information content (AvgIpc) is 2.08. The number of primary amides is 1. The predicted octanol–water partition coefficient (Wildman–Crippen LogP) is -1.46. The zero-order valence-corrected chi connectivity index (χ0v) is 7.75. The van der Waals surface area contributed by atoms with Gasteiger partial charge in [0, 0.05) is 19.6 Å². The van der Waals surface area contributed by atoms with Gasteiger partial charge in [-0.1, -0.05) is 6.92 Å². The highest BCUT2D eigenvalue weighted by Gasteiger charge is 2.21. The molecule has 1 rings (SSSR count). The molecule has 0 aromatic heterocycles. The second-order valence-electron chi connectivity index (χ2n) is 3.32. The van der Waals surface area contributed by atoms with Crippen molar-refractivity contribution >= 4 is 11.8 Å². The van der Waals surface area contributed by atoms with E-state index in [0.29, 0.717) is 19.6 Å². The lowest BCUT2D eigenvalue weighted by Crippen LogP contribution is -2.50. The SMILES string of the molecule is CC(CN1CCNCC1=O)C(N)=O. The highest BCUT2D eigenvalue weighted by atomic mass is 16.2. The smallest absolute Gasteiger partial charge is 0.236 e. The summed E-state index contributed by atoms with van der Waals surface area (Å²) in [5.74, 6) is -0.576. The van der Waals surface area contributed by atoms with Crippen LogP contribution >= 0.6 is 0 Å². The van der Waals surface area contributed by atoms with Crippen LogP contribution in [-0.2, 0) is 9.59 Å². The van der Waals surface area contributed by atoms with E-state index >= 15 is 0 Å². The fourth-order valence-electron chi connectivity index (χ4n) is 1.26. The van der Waals surface area contributed by atoms with Gasteiger partial charge >= 0.3 is 0 Å². The van der Waals surface area contributed by atoms with Crippen LogP contribution < -0.4 is 11.1 Å². The van der Waals surface area contributed by atoms with Gasteiger partial charge in [0.25, 0.3) is 0 Å². The van der Waals surface area contributed by atoms with Gasteiger partial charge < -0.3 is 16.0 Å². The van der Waals surface area contributed by atoms with Crippen molar-refractivity contribution in [1.82, 2.24) is 10.2 Å². The quantitative estimate of drug-likeness (QED) is 0.564. The van der Waals surface area contributed by atoms with E-state index in [1.54, 1.807) is 11.8 Å². The molecule has 1 saturated heterocycles. The number of nitrogens with zero attached hydrogens (tertiary/aromatic N) is 1. The monoisotopic (exact) mass is 185 g/mol. The average molecular weight is 185 g/mol. The van der Waals surface area contributed by atoms with Gasteiger partial charge in [-0.25, -0.2) is 0 Å². The molecule has 0 bridgehead atoms. The molecule has 0 aromatic carbocycles. The lowest BCUT2D eigenvalue weighted by atomic mass is 10.1. The first-order valence-electron chi connectivity index (χ1n) is 4.39. The van der Waals surface area contributed by atoms with E-state index in [1.807, 2.05) is 0 Å². The summed E-state index contributed by atoms with van der Waals surface area (Å²) in [6.45, 7) is 3.99. The summed E-state index contributed by atoms with van der Waals surface area (Å²) in [5, 5.41) is 2.96. The lowest BCUT2D eigenvalue weighted by molar-refractivity contribution is -0.133. The molecular formula is C8H15N3O2. The molecule has 1 aliphatic heterocycles. The lowest BCUT2D eigenvalue weighted by Gasteiger charge is -2.28. The van der Waals surface area contributed by atoms with Gasteiger partial charge in [-0.05, 0) is 0 Å². The Balaban J connectivity index is 2.42. The van der Waals surface area contributed by atoms with Crippen molar-refractivity contribution in [1.29, 1.82) is 0 Å². The van der Waals surface area contributed by atoms with Crippen molar-refractivity contribution < 1.29 is 9.59 Å². The summed E-state index contributed by atoms with van der Waals surface area (Å²) in [7, 11) is 0. The summed E-state index contributed by atoms with van der Waals surface area (Å²) in [5.41, 5.74) is 5.11. The number of hydrogen-bond acceptors (Lipinski definition) is 3. The minimum atomic E-state index is -0.355. The number of carbonyl (C=O) groups is 2. The van der Waals surface area contributed by atoms with E-state index in [2.05, 4.69) is 5.32 Å². The van der Waals surface area contributed by atoms with Crippen LogP contribution in [0.4, 0.5) is 0 Å². The predicted molar refractivity (Wildman–Crippen MR) is 47.8 cm³/mol. The van der Waals surface area contributed by atoms with Gasteiger partial charge in [-0.3, -0.25) is 9.59 Å². The number of amides is 2. The molecular weight excluding hydrogens is 170 g/mol. The van der Waals surface area contributed by atoms with E-state index in [0.717, 1.165) is 6.54 Å². The second kappa shape index (κ2) is 4.23. The van der Waals surface area contributed by atoms with Crippen LogP contribution in [0.2, 0.25) is 0 Å². The molecule has 1 heterocycles. The van der Waals surface area contributed by atoms with Crippen LogP contribution in [0.1, 0.15) is 6.92 Å². The Morgan fingerprint density at radius 2 is 2.46 bits per heavy atom. The Morgan fingerprint density at radius 3 is 3.00 bits per heavy atom. The van der Waals surface area contributed by atoms with Crippen LogP contribution in [0.5, 0.6) is 0 Å². The van der Waals surface area contributed by atoms with Crippen molar-refractivity contribution in [3.8, 4) is 0 Å². The van der Waals surface area contributed by atoms with E-state index < -0.39 is 0 Å². The molecule has 5 nitrogen and oxygen atoms in total. The molecule has 0 aromatic rings. The van der Waals surface area contributed by atoms with Gasteiger partial charge in [-0.2, -0.15) is 0 Å². The van der Waals surface area contributed by atoms with Gasteiger partial charge in [0.05, 0.1) is 12.5 Å². The van der Waals surface area contributed by atoms with E-state index in [-0.39, 0.29) is 17.7 Å². The van der Waals surface area contributed by atoms with Crippen LogP contribution in [0.15, 0.2) is 0 Å². The standard InChI is InChI=1S/C8H15N3O2/c1-6(8(9)13)5-11-3-2-10-4-7(11)12/h6,10H,2-5H2,1H3,(H2,9,13). The number of piperazine rings is 1. The molecule has 0 radical (unpaired) electrons. The summed E-state index contributed by atoms with van der Waals surface area (Å²) in [6.07, 6.45) is 0. The van der Waals surface area contributed by atoms with E-state index in [9.17, 15) is 9.59 Å². The molecule has 13 heavy (non-hydrogen) atoms. The minimum absolute atomic E-state index is 0.0411. The molecule has 1 fully saturated rings. The Morgan fingerprint density at radius 1 is 1.77 bits per heavy atom. The van der Waals surface area contributed by atoms with Gasteiger partial charge in [0.1, 0.15) is 0 Å². The fraction of sp³-hybridized carbons (Fsp3) is 0.750. The maximum Gasteiger partial charge on any atom is 0.236 e. The molecule has 3 N–H and O–H groups in total. The van der Waals surface area contributed by atoms with E-state index in [1.165, 1.54) is 0 Å². The van der Waals surface area contributed by atoms with Gasteiger partial charge in [-0.15, -0.1) is 0 Å². The number of carbonyl (C=O) groups excluding carboxylic acids is 2. The third-order valence-electron chi connectivity index (χ3n) is 2.17. The summed E-state index contributed by atoms with van der Waals surface area (Å²) in [6, 6.07) is 0. The number of hydrogen-bond donors (Lipinski definition) is 2. The summed E-state index contributed by atoms with van der Waals surface area (Å²) < 4.78 is 0. The zero-order chi connectivity index (χ0) is 9.84. The van der Waals surface area contributed by atoms with Crippen molar-refractivity contribution in [2.75, 3.05) is 26.2 Å². The first kappa shape index (κ1) is 9.98. The first-order valence-corrected chi connectivity index (χ1v) is 4.39. The van der Waals surface area contributed by atoms with Crippen LogP contribution in [0.3, 0.4) is 0 Å². The number of rotatable bonds is 3. The molecule has 1 atom stereocenters. The molecule has 0 aliphatic carbocycles. The van der Waals surface area contributed by atoms with E-state index in [4.69, 9.17) is 5.73 Å². The van der Waals surface area contributed by atoms with Crippen molar-refractivity contribution in [2.45, 2.75) is 6.92 Å².